The molecule has 0 atom stereocenters. The molecule has 0 saturated carbocycles. The molecule has 2 aliphatic rings. The van der Waals surface area contributed by atoms with Crippen LogP contribution < -0.4 is 5.32 Å². The number of rotatable bonds is 1. The lowest BCUT2D eigenvalue weighted by Crippen LogP contribution is -2.43. The van der Waals surface area contributed by atoms with Crippen LogP contribution in [0, 0.1) is 11.3 Å². The van der Waals surface area contributed by atoms with Gasteiger partial charge in [-0.15, -0.1) is 0 Å². The molecule has 18 heavy (non-hydrogen) atoms. The van der Waals surface area contributed by atoms with Gasteiger partial charge < -0.3 is 10.2 Å². The second-order valence-corrected chi connectivity index (χ2v) is 6.54. The number of hydrogen-bond acceptors (Lipinski definition) is 2. The van der Waals surface area contributed by atoms with Crippen LogP contribution >= 0.6 is 0 Å². The van der Waals surface area contributed by atoms with Crippen LogP contribution in [0.4, 0.5) is 0 Å². The molecule has 102 valence electrons. The lowest BCUT2D eigenvalue weighted by Gasteiger charge is -2.34. The number of carbonyl (C=O) groups excluding carboxylic acids is 1. The van der Waals surface area contributed by atoms with E-state index in [2.05, 4.69) is 32.2 Å². The quantitative estimate of drug-likeness (QED) is 0.724. The van der Waals surface area contributed by atoms with Crippen molar-refractivity contribution in [1.82, 2.24) is 10.2 Å². The molecular formula is C15H26N2O. The fraction of sp³-hybridized carbons (Fsp3) is 0.800. The zero-order valence-corrected chi connectivity index (χ0v) is 12.0. The molecule has 0 aliphatic carbocycles. The van der Waals surface area contributed by atoms with Gasteiger partial charge in [0.15, 0.2) is 0 Å². The minimum absolute atomic E-state index is 0.254. The summed E-state index contributed by atoms with van der Waals surface area (Å²) < 4.78 is 0. The average molecular weight is 250 g/mol. The van der Waals surface area contributed by atoms with E-state index in [0.717, 1.165) is 45.4 Å². The van der Waals surface area contributed by atoms with Crippen LogP contribution in [0.2, 0.25) is 0 Å². The van der Waals surface area contributed by atoms with Gasteiger partial charge in [0.05, 0.1) is 0 Å². The van der Waals surface area contributed by atoms with E-state index in [1.807, 2.05) is 4.90 Å². The highest BCUT2D eigenvalue weighted by molar-refractivity contribution is 5.79. The summed E-state index contributed by atoms with van der Waals surface area (Å²) in [4.78, 5) is 14.4. The predicted octanol–water partition coefficient (Wildman–Crippen LogP) is 2.19. The molecule has 2 heterocycles. The monoisotopic (exact) mass is 250 g/mol. The lowest BCUT2D eigenvalue weighted by atomic mass is 9.82. The molecule has 0 bridgehead atoms. The second kappa shape index (κ2) is 5.43. The highest BCUT2D eigenvalue weighted by atomic mass is 16.2. The average Bonchev–Trinajstić information content (AvgIpc) is 2.38. The SMILES string of the molecule is CC(C)(C)C1=CCN(C(=O)C2CCNCC2)CC1. The number of nitrogens with zero attached hydrogens (tertiary/aromatic N) is 1. The third-order valence-corrected chi connectivity index (χ3v) is 4.17. The maximum Gasteiger partial charge on any atom is 0.226 e. The molecular weight excluding hydrogens is 224 g/mol. The molecule has 1 fully saturated rings. The molecule has 2 rings (SSSR count). The summed E-state index contributed by atoms with van der Waals surface area (Å²) in [5, 5.41) is 3.32. The van der Waals surface area contributed by atoms with E-state index in [4.69, 9.17) is 0 Å². The Bertz CT molecular complexity index is 335. The van der Waals surface area contributed by atoms with E-state index in [1.54, 1.807) is 0 Å². The first kappa shape index (κ1) is 13.6. The highest BCUT2D eigenvalue weighted by Crippen LogP contribution is 2.30. The molecule has 3 heteroatoms. The molecule has 1 amide bonds. The fourth-order valence-corrected chi connectivity index (χ4v) is 2.88. The van der Waals surface area contributed by atoms with Crippen molar-refractivity contribution in [2.24, 2.45) is 11.3 Å². The molecule has 1 saturated heterocycles. The van der Waals surface area contributed by atoms with Gasteiger partial charge in [-0.05, 0) is 37.8 Å². The van der Waals surface area contributed by atoms with Gasteiger partial charge in [0.25, 0.3) is 0 Å². The number of carbonyl (C=O) groups is 1. The van der Waals surface area contributed by atoms with E-state index in [9.17, 15) is 4.79 Å². The van der Waals surface area contributed by atoms with E-state index in [-0.39, 0.29) is 11.3 Å². The van der Waals surface area contributed by atoms with Gasteiger partial charge >= 0.3 is 0 Å². The zero-order valence-electron chi connectivity index (χ0n) is 12.0. The Hall–Kier alpha value is -0.830. The second-order valence-electron chi connectivity index (χ2n) is 6.54. The first-order chi connectivity index (χ1) is 8.48. The standard InChI is InChI=1S/C15H26N2O/c1-15(2,3)13-6-10-17(11-7-13)14(18)12-4-8-16-9-5-12/h6,12,16H,4-5,7-11H2,1-3H3. The van der Waals surface area contributed by atoms with Crippen LogP contribution in [0.3, 0.4) is 0 Å². The molecule has 0 aromatic heterocycles. The summed E-state index contributed by atoms with van der Waals surface area (Å²) in [5.41, 5.74) is 1.75. The summed E-state index contributed by atoms with van der Waals surface area (Å²) in [5.74, 6) is 0.636. The van der Waals surface area contributed by atoms with E-state index in [1.165, 1.54) is 5.57 Å². The largest absolute Gasteiger partial charge is 0.338 e. The van der Waals surface area contributed by atoms with Crippen molar-refractivity contribution < 1.29 is 4.79 Å². The third-order valence-electron chi connectivity index (χ3n) is 4.17. The fourth-order valence-electron chi connectivity index (χ4n) is 2.88. The Morgan fingerprint density at radius 1 is 1.33 bits per heavy atom. The normalized spacial score (nSPS) is 22.8. The van der Waals surface area contributed by atoms with Crippen molar-refractivity contribution in [3.8, 4) is 0 Å². The van der Waals surface area contributed by atoms with Crippen LogP contribution in [0.25, 0.3) is 0 Å². The van der Waals surface area contributed by atoms with Crippen molar-refractivity contribution in [3.05, 3.63) is 11.6 Å². The van der Waals surface area contributed by atoms with Gasteiger partial charge in [-0.2, -0.15) is 0 Å². The van der Waals surface area contributed by atoms with Crippen molar-refractivity contribution in [1.29, 1.82) is 0 Å². The maximum atomic E-state index is 12.4. The van der Waals surface area contributed by atoms with E-state index in [0.29, 0.717) is 5.91 Å². The minimum atomic E-state index is 0.254. The summed E-state index contributed by atoms with van der Waals surface area (Å²) >= 11 is 0. The van der Waals surface area contributed by atoms with Crippen LogP contribution in [-0.4, -0.2) is 37.0 Å². The maximum absolute atomic E-state index is 12.4. The van der Waals surface area contributed by atoms with Crippen molar-refractivity contribution in [3.63, 3.8) is 0 Å². The molecule has 0 unspecified atom stereocenters. The van der Waals surface area contributed by atoms with Gasteiger partial charge in [-0.25, -0.2) is 0 Å². The molecule has 0 aromatic carbocycles. The molecule has 3 nitrogen and oxygen atoms in total. The molecule has 1 N–H and O–H groups in total. The van der Waals surface area contributed by atoms with E-state index >= 15 is 0 Å². The van der Waals surface area contributed by atoms with Crippen LogP contribution in [-0.2, 0) is 4.79 Å². The Morgan fingerprint density at radius 3 is 2.50 bits per heavy atom. The number of hydrogen-bond donors (Lipinski definition) is 1. The Morgan fingerprint density at radius 2 is 2.00 bits per heavy atom. The Balaban J connectivity index is 1.92. The summed E-state index contributed by atoms with van der Waals surface area (Å²) in [7, 11) is 0. The molecule has 2 aliphatic heterocycles. The number of amides is 1. The van der Waals surface area contributed by atoms with E-state index < -0.39 is 0 Å². The first-order valence-corrected chi connectivity index (χ1v) is 7.17. The summed E-state index contributed by atoms with van der Waals surface area (Å²) in [6.07, 6.45) is 5.32. The minimum Gasteiger partial charge on any atom is -0.338 e. The third kappa shape index (κ3) is 3.14. The van der Waals surface area contributed by atoms with Gasteiger partial charge in [0.2, 0.25) is 5.91 Å². The van der Waals surface area contributed by atoms with Gasteiger partial charge in [0.1, 0.15) is 0 Å². The molecule has 0 radical (unpaired) electrons. The van der Waals surface area contributed by atoms with Gasteiger partial charge in [-0.1, -0.05) is 32.4 Å². The summed E-state index contributed by atoms with van der Waals surface area (Å²) in [6.45, 7) is 10.5. The smallest absolute Gasteiger partial charge is 0.226 e. The van der Waals surface area contributed by atoms with Crippen LogP contribution in [0.5, 0.6) is 0 Å². The summed E-state index contributed by atoms with van der Waals surface area (Å²) in [6, 6.07) is 0. The highest BCUT2D eigenvalue weighted by Gasteiger charge is 2.28. The molecule has 0 aromatic rings. The first-order valence-electron chi connectivity index (χ1n) is 7.17. The van der Waals surface area contributed by atoms with Crippen molar-refractivity contribution in [2.45, 2.75) is 40.0 Å². The number of piperidine rings is 1. The van der Waals surface area contributed by atoms with Crippen LogP contribution in [0.1, 0.15) is 40.0 Å². The van der Waals surface area contributed by atoms with Crippen LogP contribution in [0.15, 0.2) is 11.6 Å². The van der Waals surface area contributed by atoms with Crippen molar-refractivity contribution >= 4 is 5.91 Å². The Labute approximate surface area is 111 Å². The molecule has 0 spiro atoms. The van der Waals surface area contributed by atoms with Crippen molar-refractivity contribution in [2.75, 3.05) is 26.2 Å². The zero-order chi connectivity index (χ0) is 13.2. The number of nitrogens with one attached hydrogen (secondary N) is 1. The van der Waals surface area contributed by atoms with Gasteiger partial charge in [0, 0.05) is 19.0 Å². The van der Waals surface area contributed by atoms with Gasteiger partial charge in [-0.3, -0.25) is 4.79 Å². The topological polar surface area (TPSA) is 32.3 Å². The lowest BCUT2D eigenvalue weighted by molar-refractivity contribution is -0.136. The predicted molar refractivity (Wildman–Crippen MR) is 74.3 cm³/mol. The Kier molecular flexibility index (Phi) is 4.10.